The summed E-state index contributed by atoms with van der Waals surface area (Å²) >= 11 is 1.33. The summed E-state index contributed by atoms with van der Waals surface area (Å²) in [7, 11) is 2.74. The maximum atomic E-state index is 12.7. The van der Waals surface area contributed by atoms with E-state index in [1.807, 2.05) is 12.1 Å². The molecule has 0 N–H and O–H groups in total. The van der Waals surface area contributed by atoms with Crippen LogP contribution < -0.4 is 0 Å². The highest BCUT2D eigenvalue weighted by molar-refractivity contribution is 7.13. The lowest BCUT2D eigenvalue weighted by Crippen LogP contribution is -2.05. The van der Waals surface area contributed by atoms with Gasteiger partial charge in [-0.15, -0.1) is 11.3 Å². The molecule has 0 aliphatic carbocycles. The molecule has 2 aromatic carbocycles. The van der Waals surface area contributed by atoms with E-state index in [2.05, 4.69) is 4.98 Å². The van der Waals surface area contributed by atoms with Crippen LogP contribution in [0.25, 0.3) is 28.3 Å². The van der Waals surface area contributed by atoms with Gasteiger partial charge in [0.25, 0.3) is 0 Å². The van der Waals surface area contributed by atoms with Crippen molar-refractivity contribution < 1.29 is 27.4 Å². The first-order valence-electron chi connectivity index (χ1n) is 9.05. The van der Waals surface area contributed by atoms with Crippen molar-refractivity contribution in [2.45, 2.75) is 6.18 Å². The van der Waals surface area contributed by atoms with Gasteiger partial charge < -0.3 is 9.47 Å². The second-order valence-electron chi connectivity index (χ2n) is 6.33. The Kier molecular flexibility index (Phi) is 6.91. The molecular formula is C23H18F3NO3S. The van der Waals surface area contributed by atoms with Crippen LogP contribution in [0.4, 0.5) is 13.2 Å². The fourth-order valence-electron chi connectivity index (χ4n) is 2.81. The first-order chi connectivity index (χ1) is 14.8. The average Bonchev–Trinajstić information content (AvgIpc) is 3.24. The van der Waals surface area contributed by atoms with Crippen molar-refractivity contribution in [3.63, 3.8) is 0 Å². The molecule has 0 radical (unpaired) electrons. The predicted octanol–water partition coefficient (Wildman–Crippen LogP) is 6.16. The third-order valence-corrected chi connectivity index (χ3v) is 5.22. The van der Waals surface area contributed by atoms with Crippen molar-refractivity contribution in [2.24, 2.45) is 0 Å². The molecule has 160 valence electrons. The van der Waals surface area contributed by atoms with E-state index in [1.54, 1.807) is 29.7 Å². The van der Waals surface area contributed by atoms with Gasteiger partial charge in [-0.25, -0.2) is 9.78 Å². The molecule has 0 aliphatic heterocycles. The van der Waals surface area contributed by atoms with Gasteiger partial charge in [0.2, 0.25) is 0 Å². The molecule has 1 heterocycles. The molecule has 0 atom stereocenters. The Hall–Kier alpha value is -3.39. The molecule has 8 heteroatoms. The molecule has 0 saturated heterocycles. The summed E-state index contributed by atoms with van der Waals surface area (Å²) in [6, 6.07) is 12.1. The number of carbonyl (C=O) groups is 1. The number of thiazole rings is 1. The van der Waals surface area contributed by atoms with E-state index >= 15 is 0 Å². The second kappa shape index (κ2) is 9.61. The summed E-state index contributed by atoms with van der Waals surface area (Å²) < 4.78 is 48.0. The Labute approximate surface area is 181 Å². The minimum atomic E-state index is -4.37. The fourth-order valence-corrected chi connectivity index (χ4v) is 3.60. The lowest BCUT2D eigenvalue weighted by molar-refractivity contribution is -0.137. The molecule has 0 saturated carbocycles. The van der Waals surface area contributed by atoms with E-state index in [9.17, 15) is 18.0 Å². The lowest BCUT2D eigenvalue weighted by atomic mass is 10.00. The Bertz CT molecular complexity index is 1120. The van der Waals surface area contributed by atoms with Gasteiger partial charge in [0.05, 0.1) is 31.7 Å². The standard InChI is InChI=1S/C23H18F3NO3S/c1-29-13-20(22(28)30-2)19-6-4-3-5-15(19)9-12-18-14-31-21(27-18)16-7-10-17(11-8-16)23(24,25)26/h3-14H,1-2H3/b12-9+,20-13+. The number of halogens is 3. The van der Waals surface area contributed by atoms with Crippen molar-refractivity contribution in [1.29, 1.82) is 0 Å². The van der Waals surface area contributed by atoms with Crippen LogP contribution in [-0.4, -0.2) is 25.2 Å². The zero-order chi connectivity index (χ0) is 22.4. The van der Waals surface area contributed by atoms with Crippen LogP contribution in [0.15, 0.2) is 60.2 Å². The number of ether oxygens (including phenoxy) is 2. The monoisotopic (exact) mass is 445 g/mol. The molecular weight excluding hydrogens is 427 g/mol. The van der Waals surface area contributed by atoms with Gasteiger partial charge in [-0.3, -0.25) is 0 Å². The molecule has 0 amide bonds. The van der Waals surface area contributed by atoms with E-state index < -0.39 is 17.7 Å². The van der Waals surface area contributed by atoms with E-state index in [-0.39, 0.29) is 5.57 Å². The molecule has 0 bridgehead atoms. The largest absolute Gasteiger partial charge is 0.503 e. The molecule has 1 aromatic heterocycles. The summed E-state index contributed by atoms with van der Waals surface area (Å²) in [4.78, 5) is 16.6. The topological polar surface area (TPSA) is 48.4 Å². The van der Waals surface area contributed by atoms with Gasteiger partial charge in [-0.1, -0.05) is 42.5 Å². The van der Waals surface area contributed by atoms with Crippen molar-refractivity contribution in [3.05, 3.63) is 82.6 Å². The van der Waals surface area contributed by atoms with Crippen LogP contribution in [0.1, 0.15) is 22.4 Å². The third kappa shape index (κ3) is 5.40. The molecule has 4 nitrogen and oxygen atoms in total. The minimum Gasteiger partial charge on any atom is -0.503 e. The number of hydrogen-bond donors (Lipinski definition) is 0. The molecule has 3 aromatic rings. The SMILES string of the molecule is CO/C=C(/C(=O)OC)c1ccccc1/C=C/c1csc(-c2ccc(C(F)(F)F)cc2)n1. The van der Waals surface area contributed by atoms with Gasteiger partial charge in [0.15, 0.2) is 0 Å². The van der Waals surface area contributed by atoms with E-state index in [4.69, 9.17) is 9.47 Å². The molecule has 3 rings (SSSR count). The van der Waals surface area contributed by atoms with Crippen LogP contribution in [-0.2, 0) is 20.4 Å². The minimum absolute atomic E-state index is 0.272. The number of nitrogens with zero attached hydrogens (tertiary/aromatic N) is 1. The Morgan fingerprint density at radius 2 is 1.74 bits per heavy atom. The Morgan fingerprint density at radius 3 is 2.39 bits per heavy atom. The van der Waals surface area contributed by atoms with Crippen LogP contribution in [0.3, 0.4) is 0 Å². The van der Waals surface area contributed by atoms with Gasteiger partial charge in [0.1, 0.15) is 10.6 Å². The smallest absolute Gasteiger partial charge is 0.416 e. The summed E-state index contributed by atoms with van der Waals surface area (Å²) in [5.41, 5.74) is 2.20. The first-order valence-corrected chi connectivity index (χ1v) is 9.93. The molecule has 0 aliphatic rings. The fraction of sp³-hybridized carbons (Fsp3) is 0.130. The first kappa shape index (κ1) is 22.3. The average molecular weight is 445 g/mol. The maximum Gasteiger partial charge on any atom is 0.416 e. The third-order valence-electron chi connectivity index (χ3n) is 4.31. The number of esters is 1. The zero-order valence-corrected chi connectivity index (χ0v) is 17.5. The van der Waals surface area contributed by atoms with E-state index in [0.29, 0.717) is 21.8 Å². The number of aromatic nitrogens is 1. The van der Waals surface area contributed by atoms with Crippen LogP contribution in [0.2, 0.25) is 0 Å². The second-order valence-corrected chi connectivity index (χ2v) is 7.19. The van der Waals surface area contributed by atoms with Crippen LogP contribution in [0, 0.1) is 0 Å². The van der Waals surface area contributed by atoms with E-state index in [1.165, 1.54) is 44.0 Å². The lowest BCUT2D eigenvalue weighted by Gasteiger charge is -2.08. The highest BCUT2D eigenvalue weighted by Crippen LogP contribution is 2.32. The number of hydrogen-bond acceptors (Lipinski definition) is 5. The van der Waals surface area contributed by atoms with E-state index in [0.717, 1.165) is 17.7 Å². The van der Waals surface area contributed by atoms with Gasteiger partial charge >= 0.3 is 12.1 Å². The predicted molar refractivity (Wildman–Crippen MR) is 115 cm³/mol. The summed E-state index contributed by atoms with van der Waals surface area (Å²) in [6.45, 7) is 0. The maximum absolute atomic E-state index is 12.7. The zero-order valence-electron chi connectivity index (χ0n) is 16.6. The highest BCUT2D eigenvalue weighted by atomic mass is 32.1. The molecule has 31 heavy (non-hydrogen) atoms. The van der Waals surface area contributed by atoms with Crippen LogP contribution >= 0.6 is 11.3 Å². The van der Waals surface area contributed by atoms with Gasteiger partial charge in [-0.05, 0) is 29.3 Å². The highest BCUT2D eigenvalue weighted by Gasteiger charge is 2.30. The van der Waals surface area contributed by atoms with Gasteiger partial charge in [-0.2, -0.15) is 13.2 Å². The summed E-state index contributed by atoms with van der Waals surface area (Å²) in [5.74, 6) is -0.527. The number of rotatable bonds is 6. The van der Waals surface area contributed by atoms with Crippen molar-refractivity contribution in [3.8, 4) is 10.6 Å². The van der Waals surface area contributed by atoms with Crippen molar-refractivity contribution in [2.75, 3.05) is 14.2 Å². The quantitative estimate of drug-likeness (QED) is 0.259. The Balaban J connectivity index is 1.85. The number of alkyl halides is 3. The summed E-state index contributed by atoms with van der Waals surface area (Å²) in [6.07, 6.45) is 0.519. The number of carbonyl (C=O) groups excluding carboxylic acids is 1. The normalized spacial score (nSPS) is 12.2. The summed E-state index contributed by atoms with van der Waals surface area (Å²) in [5, 5.41) is 2.41. The molecule has 0 unspecified atom stereocenters. The number of methoxy groups -OCH3 is 2. The number of benzene rings is 2. The van der Waals surface area contributed by atoms with Crippen molar-refractivity contribution >= 4 is 35.0 Å². The molecule has 0 spiro atoms. The molecule has 0 fully saturated rings. The Morgan fingerprint density at radius 1 is 1.03 bits per heavy atom. The van der Waals surface area contributed by atoms with Gasteiger partial charge in [0, 0.05) is 10.9 Å². The van der Waals surface area contributed by atoms with Crippen LogP contribution in [0.5, 0.6) is 0 Å². The van der Waals surface area contributed by atoms with Crippen molar-refractivity contribution in [1.82, 2.24) is 4.98 Å².